The number of hydrogen-bond donors (Lipinski definition) is 3. The number of ether oxygens (including phenoxy) is 1. The molecule has 0 aliphatic heterocycles. The van der Waals surface area contributed by atoms with Crippen molar-refractivity contribution < 1.29 is 9.84 Å². The van der Waals surface area contributed by atoms with Crippen molar-refractivity contribution >= 4 is 22.4 Å². The standard InChI is InChI=1S/C19H19N7O2/c1-10-4-5-14(27)11(2)17(10)28-19-16-13(22-9-23-18(16)20)6-15(25-19)26-8-12(21-3)7-24-26/h4-9,21,27H,1-3H3,(H2,20,22,23). The summed E-state index contributed by atoms with van der Waals surface area (Å²) in [6.07, 6.45) is 4.87. The van der Waals surface area contributed by atoms with Crippen molar-refractivity contribution in [3.63, 3.8) is 0 Å². The smallest absolute Gasteiger partial charge is 0.234 e. The van der Waals surface area contributed by atoms with Crippen molar-refractivity contribution in [2.24, 2.45) is 0 Å². The molecular weight excluding hydrogens is 358 g/mol. The van der Waals surface area contributed by atoms with Crippen molar-refractivity contribution in [2.75, 3.05) is 18.1 Å². The van der Waals surface area contributed by atoms with Crippen molar-refractivity contribution in [3.05, 3.63) is 48.0 Å². The van der Waals surface area contributed by atoms with Gasteiger partial charge in [0, 0.05) is 18.7 Å². The molecule has 3 heterocycles. The van der Waals surface area contributed by atoms with Crippen molar-refractivity contribution in [1.82, 2.24) is 24.7 Å². The Morgan fingerprint density at radius 3 is 2.79 bits per heavy atom. The molecule has 3 aromatic heterocycles. The van der Waals surface area contributed by atoms with Crippen LogP contribution in [0.5, 0.6) is 17.4 Å². The van der Waals surface area contributed by atoms with Crippen LogP contribution in [0.1, 0.15) is 11.1 Å². The Kier molecular flexibility index (Phi) is 4.19. The van der Waals surface area contributed by atoms with Crippen LogP contribution in [0.15, 0.2) is 36.9 Å². The summed E-state index contributed by atoms with van der Waals surface area (Å²) >= 11 is 0. The molecule has 4 N–H and O–H groups in total. The van der Waals surface area contributed by atoms with E-state index in [1.807, 2.05) is 14.0 Å². The zero-order valence-corrected chi connectivity index (χ0v) is 15.6. The zero-order valence-electron chi connectivity index (χ0n) is 15.6. The highest BCUT2D eigenvalue weighted by Crippen LogP contribution is 2.37. The number of pyridine rings is 1. The van der Waals surface area contributed by atoms with E-state index in [1.165, 1.54) is 6.33 Å². The number of rotatable bonds is 4. The van der Waals surface area contributed by atoms with Gasteiger partial charge in [-0.1, -0.05) is 6.07 Å². The number of nitrogens with one attached hydrogen (secondary N) is 1. The third-order valence-electron chi connectivity index (χ3n) is 4.48. The summed E-state index contributed by atoms with van der Waals surface area (Å²) in [7, 11) is 1.81. The molecule has 0 saturated carbocycles. The highest BCUT2D eigenvalue weighted by molar-refractivity contribution is 5.93. The molecule has 142 valence electrons. The molecule has 0 bridgehead atoms. The van der Waals surface area contributed by atoms with Gasteiger partial charge in [0.15, 0.2) is 5.82 Å². The molecule has 4 rings (SSSR count). The van der Waals surface area contributed by atoms with Crippen LogP contribution in [0.3, 0.4) is 0 Å². The molecule has 0 fully saturated rings. The average Bonchev–Trinajstić information content (AvgIpc) is 3.17. The predicted octanol–water partition coefficient (Wildman–Crippen LogP) is 2.95. The molecule has 0 spiro atoms. The lowest BCUT2D eigenvalue weighted by Gasteiger charge is -2.15. The topological polar surface area (TPSA) is 124 Å². The zero-order chi connectivity index (χ0) is 19.8. The van der Waals surface area contributed by atoms with Gasteiger partial charge in [-0.25, -0.2) is 14.6 Å². The first-order valence-electron chi connectivity index (χ1n) is 8.59. The van der Waals surface area contributed by atoms with Crippen LogP contribution in [-0.2, 0) is 0 Å². The molecule has 0 amide bonds. The lowest BCUT2D eigenvalue weighted by atomic mass is 10.1. The van der Waals surface area contributed by atoms with Crippen LogP contribution in [0.4, 0.5) is 11.5 Å². The fourth-order valence-electron chi connectivity index (χ4n) is 2.90. The largest absolute Gasteiger partial charge is 0.508 e. The van der Waals surface area contributed by atoms with E-state index >= 15 is 0 Å². The second kappa shape index (κ2) is 6.69. The maximum atomic E-state index is 10.1. The van der Waals surface area contributed by atoms with E-state index in [4.69, 9.17) is 10.5 Å². The minimum Gasteiger partial charge on any atom is -0.508 e. The normalized spacial score (nSPS) is 11.0. The van der Waals surface area contributed by atoms with Crippen LogP contribution in [-0.4, -0.2) is 36.9 Å². The molecule has 4 aromatic rings. The second-order valence-corrected chi connectivity index (χ2v) is 6.32. The number of nitrogens with zero attached hydrogens (tertiary/aromatic N) is 5. The predicted molar refractivity (Wildman–Crippen MR) is 106 cm³/mol. The molecule has 0 saturated heterocycles. The monoisotopic (exact) mass is 377 g/mol. The lowest BCUT2D eigenvalue weighted by Crippen LogP contribution is -2.04. The number of hydrogen-bond acceptors (Lipinski definition) is 8. The number of aryl methyl sites for hydroxylation is 1. The van der Waals surface area contributed by atoms with Crippen molar-refractivity contribution in [1.29, 1.82) is 0 Å². The first kappa shape index (κ1) is 17.5. The quantitative estimate of drug-likeness (QED) is 0.496. The summed E-state index contributed by atoms with van der Waals surface area (Å²) < 4.78 is 7.73. The summed E-state index contributed by atoms with van der Waals surface area (Å²) in [5.41, 5.74) is 8.94. The van der Waals surface area contributed by atoms with Crippen LogP contribution in [0, 0.1) is 13.8 Å². The Bertz CT molecular complexity index is 1190. The maximum Gasteiger partial charge on any atom is 0.234 e. The SMILES string of the molecule is CNc1cnn(-c2cc3ncnc(N)c3c(Oc3c(C)ccc(O)c3C)n2)c1. The Hall–Kier alpha value is -3.88. The van der Waals surface area contributed by atoms with Crippen LogP contribution < -0.4 is 15.8 Å². The fourth-order valence-corrected chi connectivity index (χ4v) is 2.90. The number of nitrogens with two attached hydrogens (primary N) is 1. The molecule has 9 heteroatoms. The molecule has 1 aromatic carbocycles. The Morgan fingerprint density at radius 1 is 1.21 bits per heavy atom. The molecule has 9 nitrogen and oxygen atoms in total. The van der Waals surface area contributed by atoms with E-state index in [0.717, 1.165) is 11.3 Å². The molecule has 0 aliphatic rings. The summed E-state index contributed by atoms with van der Waals surface area (Å²) in [5.74, 6) is 1.65. The fraction of sp³-hybridized carbons (Fsp3) is 0.158. The van der Waals surface area contributed by atoms with Crippen molar-refractivity contribution in [2.45, 2.75) is 13.8 Å². The summed E-state index contributed by atoms with van der Waals surface area (Å²) in [6, 6.07) is 5.16. The number of aromatic hydroxyl groups is 1. The van der Waals surface area contributed by atoms with E-state index in [1.54, 1.807) is 42.2 Å². The average molecular weight is 377 g/mol. The van der Waals surface area contributed by atoms with Gasteiger partial charge < -0.3 is 20.9 Å². The maximum absolute atomic E-state index is 10.1. The van der Waals surface area contributed by atoms with E-state index in [2.05, 4.69) is 25.4 Å². The number of anilines is 2. The Labute approximate surface area is 160 Å². The number of phenols is 1. The lowest BCUT2D eigenvalue weighted by molar-refractivity contribution is 0.439. The molecular formula is C19H19N7O2. The molecule has 0 atom stereocenters. The van der Waals surface area contributed by atoms with E-state index in [9.17, 15) is 5.11 Å². The number of fused-ring (bicyclic) bond motifs is 1. The van der Waals surface area contributed by atoms with Crippen LogP contribution in [0.25, 0.3) is 16.7 Å². The summed E-state index contributed by atoms with van der Waals surface area (Å²) in [4.78, 5) is 13.0. The van der Waals surface area contributed by atoms with Gasteiger partial charge in [0.2, 0.25) is 5.88 Å². The number of nitrogen functional groups attached to an aromatic ring is 1. The summed E-state index contributed by atoms with van der Waals surface area (Å²) in [6.45, 7) is 3.66. The van der Waals surface area contributed by atoms with Gasteiger partial charge in [0.1, 0.15) is 29.0 Å². The van der Waals surface area contributed by atoms with Gasteiger partial charge in [0.05, 0.1) is 23.6 Å². The Balaban J connectivity index is 1.92. The van der Waals surface area contributed by atoms with Gasteiger partial charge in [-0.2, -0.15) is 10.1 Å². The van der Waals surface area contributed by atoms with Gasteiger partial charge in [-0.05, 0) is 25.5 Å². The summed E-state index contributed by atoms with van der Waals surface area (Å²) in [5, 5.41) is 17.9. The molecule has 0 unspecified atom stereocenters. The van der Waals surface area contributed by atoms with Gasteiger partial charge in [-0.3, -0.25) is 0 Å². The number of phenolic OH excluding ortho intramolecular Hbond substituents is 1. The number of aromatic nitrogens is 5. The Morgan fingerprint density at radius 2 is 2.04 bits per heavy atom. The van der Waals surface area contributed by atoms with Gasteiger partial charge in [0.25, 0.3) is 0 Å². The van der Waals surface area contributed by atoms with E-state index in [-0.39, 0.29) is 17.4 Å². The first-order chi connectivity index (χ1) is 13.5. The molecule has 0 radical (unpaired) electrons. The van der Waals surface area contributed by atoms with E-state index < -0.39 is 0 Å². The highest BCUT2D eigenvalue weighted by Gasteiger charge is 2.17. The minimum atomic E-state index is 0.135. The minimum absolute atomic E-state index is 0.135. The van der Waals surface area contributed by atoms with Crippen LogP contribution >= 0.6 is 0 Å². The highest BCUT2D eigenvalue weighted by atomic mass is 16.5. The van der Waals surface area contributed by atoms with Gasteiger partial charge >= 0.3 is 0 Å². The van der Waals surface area contributed by atoms with Crippen molar-refractivity contribution in [3.8, 4) is 23.2 Å². The molecule has 28 heavy (non-hydrogen) atoms. The third-order valence-corrected chi connectivity index (χ3v) is 4.48. The first-order valence-corrected chi connectivity index (χ1v) is 8.59. The third kappa shape index (κ3) is 2.92. The number of benzene rings is 1. The van der Waals surface area contributed by atoms with Gasteiger partial charge in [-0.15, -0.1) is 0 Å². The van der Waals surface area contributed by atoms with E-state index in [0.29, 0.717) is 28.0 Å². The van der Waals surface area contributed by atoms with Crippen LogP contribution in [0.2, 0.25) is 0 Å². The molecule has 0 aliphatic carbocycles. The second-order valence-electron chi connectivity index (χ2n) is 6.32.